The summed E-state index contributed by atoms with van der Waals surface area (Å²) in [5.74, 6) is 0. The van der Waals surface area contributed by atoms with Crippen molar-refractivity contribution in [2.75, 3.05) is 0 Å². The van der Waals surface area contributed by atoms with E-state index in [9.17, 15) is 10.2 Å². The van der Waals surface area contributed by atoms with Crippen LogP contribution in [0.2, 0.25) is 0 Å². The molecular weight excluding hydrogens is 487 g/mol. The Morgan fingerprint density at radius 3 is 1.77 bits per heavy atom. The van der Waals surface area contributed by atoms with Crippen LogP contribution in [0, 0.1) is 0 Å². The molecule has 0 bridgehead atoms. The number of aromatic nitrogens is 2. The molecule has 3 unspecified atom stereocenters. The standard InChI is InChI=1S/2C9H12NO.C7H9Cl.Zr/c2*1-2-4-8-5-3-6-10-9(8)7-11;1-6-3-4-7(2,8)5-6;/h2*3,5-7,11H,2,4H2,1H3;3-5H,1-2H3;. The molecule has 0 aliphatic heterocycles. The molecule has 0 spiro atoms. The van der Waals surface area contributed by atoms with E-state index in [0.717, 1.165) is 48.2 Å². The number of aliphatic hydroxyl groups excluding tert-OH is 2. The number of nitrogens with zero attached hydrogens (tertiary/aromatic N) is 2. The molecule has 2 aromatic heterocycles. The molecule has 0 saturated heterocycles. The maximum absolute atomic E-state index is 10.6. The van der Waals surface area contributed by atoms with Crippen LogP contribution in [0.5, 0.6) is 0 Å². The van der Waals surface area contributed by atoms with Gasteiger partial charge in [-0.15, -0.1) is 11.6 Å². The van der Waals surface area contributed by atoms with Gasteiger partial charge >= 0.3 is 150 Å². The van der Waals surface area contributed by atoms with Gasteiger partial charge in [-0.3, -0.25) is 0 Å². The molecule has 0 amide bonds. The molecule has 4 nitrogen and oxygen atoms in total. The summed E-state index contributed by atoms with van der Waals surface area (Å²) < 4.78 is -1.24. The normalized spacial score (nSPS) is 19.3. The first-order valence-electron chi connectivity index (χ1n) is 10.8. The molecule has 0 fully saturated rings. The number of rotatable bonds is 8. The molecule has 0 radical (unpaired) electrons. The van der Waals surface area contributed by atoms with E-state index in [-0.39, 0.29) is 4.87 Å². The molecule has 1 aliphatic carbocycles. The monoisotopic (exact) mass is 518 g/mol. The first-order chi connectivity index (χ1) is 14.8. The van der Waals surface area contributed by atoms with E-state index in [1.807, 2.05) is 56.3 Å². The predicted molar refractivity (Wildman–Crippen MR) is 124 cm³/mol. The fourth-order valence-corrected chi connectivity index (χ4v) is 6.52. The molecule has 0 aromatic carbocycles. The maximum atomic E-state index is 10.6. The second-order valence-corrected chi connectivity index (χ2v) is 12.3. The van der Waals surface area contributed by atoms with E-state index in [2.05, 4.69) is 23.8 Å². The van der Waals surface area contributed by atoms with Crippen LogP contribution >= 0.6 is 11.6 Å². The van der Waals surface area contributed by atoms with Gasteiger partial charge in [-0.1, -0.05) is 23.8 Å². The molecule has 2 heterocycles. The Labute approximate surface area is 203 Å². The number of aliphatic hydroxyl groups is 2. The second kappa shape index (κ2) is 12.8. The molecule has 31 heavy (non-hydrogen) atoms. The fraction of sp³-hybridized carbons (Fsp3) is 0.440. The average Bonchev–Trinajstić information content (AvgIpc) is 3.06. The van der Waals surface area contributed by atoms with E-state index in [1.165, 1.54) is 5.57 Å². The molecule has 166 valence electrons. The van der Waals surface area contributed by atoms with E-state index >= 15 is 0 Å². The van der Waals surface area contributed by atoms with Crippen LogP contribution < -0.4 is 0 Å². The van der Waals surface area contributed by atoms with Crippen molar-refractivity contribution in [2.24, 2.45) is 0 Å². The van der Waals surface area contributed by atoms with E-state index in [0.29, 0.717) is 0 Å². The van der Waals surface area contributed by atoms with Gasteiger partial charge in [0.1, 0.15) is 0 Å². The predicted octanol–water partition coefficient (Wildman–Crippen LogP) is 5.65. The van der Waals surface area contributed by atoms with Crippen LogP contribution in [0.15, 0.2) is 60.5 Å². The minimum absolute atomic E-state index is 0.204. The Hall–Kier alpha value is -1.13. The summed E-state index contributed by atoms with van der Waals surface area (Å²) in [6.45, 7) is 8.25. The molecule has 0 saturated carbocycles. The van der Waals surface area contributed by atoms with Crippen molar-refractivity contribution in [3.8, 4) is 0 Å². The van der Waals surface area contributed by atoms with Crippen LogP contribution in [0.25, 0.3) is 0 Å². The van der Waals surface area contributed by atoms with Crippen LogP contribution in [-0.4, -0.2) is 25.1 Å². The van der Waals surface area contributed by atoms with E-state index in [4.69, 9.17) is 11.6 Å². The molecule has 3 atom stereocenters. The Kier molecular flexibility index (Phi) is 10.8. The summed E-state index contributed by atoms with van der Waals surface area (Å²) in [5, 5.41) is 21.2. The van der Waals surface area contributed by atoms with Crippen molar-refractivity contribution in [1.82, 2.24) is 9.97 Å². The van der Waals surface area contributed by atoms with Crippen LogP contribution in [-0.2, 0) is 36.1 Å². The van der Waals surface area contributed by atoms with Gasteiger partial charge in [-0.2, -0.15) is 0 Å². The first-order valence-corrected chi connectivity index (χ1v) is 14.1. The van der Waals surface area contributed by atoms with Gasteiger partial charge in [-0.05, 0) is 13.8 Å². The van der Waals surface area contributed by atoms with Gasteiger partial charge in [-0.25, -0.2) is 0 Å². The van der Waals surface area contributed by atoms with Crippen molar-refractivity contribution in [1.29, 1.82) is 0 Å². The van der Waals surface area contributed by atoms with E-state index < -0.39 is 30.9 Å². The van der Waals surface area contributed by atoms with Crippen molar-refractivity contribution < 1.29 is 33.4 Å². The Balaban J connectivity index is 0.000000357. The molecule has 3 rings (SSSR count). The number of halogens is 1. The quantitative estimate of drug-likeness (QED) is 0.442. The zero-order valence-corrected chi connectivity index (χ0v) is 22.1. The van der Waals surface area contributed by atoms with Gasteiger partial charge < -0.3 is 0 Å². The summed E-state index contributed by atoms with van der Waals surface area (Å²) >= 11 is 4.35. The summed E-state index contributed by atoms with van der Waals surface area (Å²) in [6, 6.07) is 7.84. The zero-order chi connectivity index (χ0) is 22.9. The molecule has 2 N–H and O–H groups in total. The molecule has 2 aromatic rings. The van der Waals surface area contributed by atoms with E-state index in [1.54, 1.807) is 12.4 Å². The summed E-state index contributed by atoms with van der Waals surface area (Å²) in [5.41, 5.74) is 4.92. The van der Waals surface area contributed by atoms with Crippen molar-refractivity contribution in [3.63, 3.8) is 0 Å². The molecule has 6 heteroatoms. The fourth-order valence-electron chi connectivity index (χ4n) is 3.50. The van der Waals surface area contributed by atoms with Crippen molar-refractivity contribution >= 4 is 11.6 Å². The van der Waals surface area contributed by atoms with Gasteiger partial charge in [0.25, 0.3) is 0 Å². The van der Waals surface area contributed by atoms with Crippen molar-refractivity contribution in [2.45, 2.75) is 65.9 Å². The second-order valence-electron chi connectivity index (χ2n) is 7.94. The van der Waals surface area contributed by atoms with Crippen LogP contribution in [0.4, 0.5) is 0 Å². The average molecular weight is 520 g/mol. The first kappa shape index (κ1) is 26.1. The Bertz CT molecular complexity index is 845. The minimum atomic E-state index is -1.55. The van der Waals surface area contributed by atoms with Gasteiger partial charge in [0.05, 0.1) is 4.87 Å². The van der Waals surface area contributed by atoms with Crippen molar-refractivity contribution in [3.05, 3.63) is 83.0 Å². The summed E-state index contributed by atoms with van der Waals surface area (Å²) in [6.07, 6.45) is 13.3. The summed E-state index contributed by atoms with van der Waals surface area (Å²) in [7, 11) is 0. The number of allylic oxidation sites excluding steroid dienone is 4. The Morgan fingerprint density at radius 2 is 1.45 bits per heavy atom. The molecular formula is C25H33ClN2O2Zr. The number of alkyl halides is 1. The summed E-state index contributed by atoms with van der Waals surface area (Å²) in [4.78, 5) is 8.52. The third-order valence-electron chi connectivity index (χ3n) is 4.91. The van der Waals surface area contributed by atoms with Crippen LogP contribution in [0.1, 0.15) is 70.7 Å². The van der Waals surface area contributed by atoms with Gasteiger partial charge in [0, 0.05) is 0 Å². The topological polar surface area (TPSA) is 66.2 Å². The number of aryl methyl sites for hydroxylation is 2. The van der Waals surface area contributed by atoms with Gasteiger partial charge in [0.15, 0.2) is 0 Å². The molecule has 1 aliphatic rings. The third-order valence-corrected chi connectivity index (χ3v) is 8.04. The SMILES string of the molecule is CC1=CC(C)(Cl)C=C1.CCCc1cccnc1[CH](O)[Zr][CH](O)c1ncccc1CCC. The number of hydrogen-bond donors (Lipinski definition) is 2. The van der Waals surface area contributed by atoms with Gasteiger partial charge in [0.2, 0.25) is 0 Å². The Morgan fingerprint density at radius 1 is 0.968 bits per heavy atom. The third kappa shape index (κ3) is 8.38. The van der Waals surface area contributed by atoms with Crippen LogP contribution in [0.3, 0.4) is 0 Å². The zero-order valence-electron chi connectivity index (χ0n) is 18.8. The number of hydrogen-bond acceptors (Lipinski definition) is 4. The number of pyridine rings is 2.